The molecule has 0 bridgehead atoms. The molecule has 2 fully saturated rings. The van der Waals surface area contributed by atoms with Gasteiger partial charge in [-0.3, -0.25) is 9.79 Å². The number of rotatable bonds is 7. The lowest BCUT2D eigenvalue weighted by atomic mass is 9.94. The molecule has 1 aromatic carbocycles. The highest BCUT2D eigenvalue weighted by molar-refractivity contribution is 14.0. The highest BCUT2D eigenvalue weighted by Gasteiger charge is 2.35. The molecule has 1 saturated heterocycles. The number of nitrogens with zero attached hydrogens (tertiary/aromatic N) is 2. The van der Waals surface area contributed by atoms with Gasteiger partial charge in [0.05, 0.1) is 0 Å². The van der Waals surface area contributed by atoms with E-state index in [-0.39, 0.29) is 41.5 Å². The Hall–Kier alpha value is -1.35. The Balaban J connectivity index is 0.00000320. The van der Waals surface area contributed by atoms with Crippen LogP contribution < -0.4 is 16.0 Å². The number of hydrogen-bond donors (Lipinski definition) is 3. The van der Waals surface area contributed by atoms with Gasteiger partial charge >= 0.3 is 0 Å². The number of carbonyl (C=O) groups is 1. The van der Waals surface area contributed by atoms with Crippen molar-refractivity contribution in [3.8, 4) is 0 Å². The van der Waals surface area contributed by atoms with Crippen molar-refractivity contribution in [3.05, 3.63) is 35.9 Å². The van der Waals surface area contributed by atoms with E-state index in [4.69, 9.17) is 0 Å². The summed E-state index contributed by atoms with van der Waals surface area (Å²) in [5.41, 5.74) is 1.42. The summed E-state index contributed by atoms with van der Waals surface area (Å²) in [7, 11) is 1.82. The Morgan fingerprint density at radius 1 is 1.27 bits per heavy atom. The van der Waals surface area contributed by atoms with Crippen molar-refractivity contribution in [2.24, 2.45) is 4.99 Å². The number of amides is 1. The molecule has 0 radical (unpaired) electrons. The average Bonchev–Trinajstić information content (AvgIpc) is 3.41. The molecule has 7 heteroatoms. The van der Waals surface area contributed by atoms with Crippen LogP contribution in [0.1, 0.15) is 64.0 Å². The van der Waals surface area contributed by atoms with Crippen LogP contribution in [0.2, 0.25) is 0 Å². The van der Waals surface area contributed by atoms with E-state index >= 15 is 0 Å². The second kappa shape index (κ2) is 11.9. The van der Waals surface area contributed by atoms with Crippen molar-refractivity contribution in [2.75, 3.05) is 26.7 Å². The summed E-state index contributed by atoms with van der Waals surface area (Å²) in [4.78, 5) is 18.3. The number of aliphatic imine (C=N–C) groups is 1. The van der Waals surface area contributed by atoms with Gasteiger partial charge in [-0.1, -0.05) is 50.1 Å². The maximum absolute atomic E-state index is 11.9. The summed E-state index contributed by atoms with van der Waals surface area (Å²) in [6.07, 6.45) is 6.43. The quantitative estimate of drug-likeness (QED) is 0.289. The minimum Gasteiger partial charge on any atom is -0.355 e. The molecule has 2 aliphatic rings. The zero-order chi connectivity index (χ0) is 20.7. The van der Waals surface area contributed by atoms with Crippen molar-refractivity contribution in [1.29, 1.82) is 0 Å². The van der Waals surface area contributed by atoms with Gasteiger partial charge in [0.2, 0.25) is 5.91 Å². The molecule has 1 saturated carbocycles. The maximum atomic E-state index is 11.9. The van der Waals surface area contributed by atoms with Crippen molar-refractivity contribution in [3.63, 3.8) is 0 Å². The number of nitrogens with one attached hydrogen (secondary N) is 3. The zero-order valence-electron chi connectivity index (χ0n) is 18.6. The van der Waals surface area contributed by atoms with Gasteiger partial charge in [-0.25, -0.2) is 0 Å². The topological polar surface area (TPSA) is 68.8 Å². The highest BCUT2D eigenvalue weighted by Crippen LogP contribution is 2.31. The van der Waals surface area contributed by atoms with Crippen LogP contribution >= 0.6 is 24.0 Å². The Morgan fingerprint density at radius 3 is 2.60 bits per heavy atom. The van der Waals surface area contributed by atoms with Crippen LogP contribution in [0.15, 0.2) is 35.3 Å². The fourth-order valence-corrected chi connectivity index (χ4v) is 4.68. The van der Waals surface area contributed by atoms with Gasteiger partial charge in [-0.05, 0) is 31.7 Å². The Labute approximate surface area is 198 Å². The monoisotopic (exact) mass is 527 g/mol. The van der Waals surface area contributed by atoms with E-state index in [0.717, 1.165) is 32.0 Å². The van der Waals surface area contributed by atoms with Gasteiger partial charge in [0, 0.05) is 50.7 Å². The first-order chi connectivity index (χ1) is 14.0. The molecule has 2 atom stereocenters. The van der Waals surface area contributed by atoms with E-state index in [2.05, 4.69) is 58.2 Å². The zero-order valence-corrected chi connectivity index (χ0v) is 20.9. The van der Waals surface area contributed by atoms with Crippen LogP contribution in [-0.2, 0) is 4.79 Å². The molecule has 30 heavy (non-hydrogen) atoms. The molecule has 3 N–H and O–H groups in total. The molecule has 1 amide bonds. The smallest absolute Gasteiger partial charge is 0.222 e. The summed E-state index contributed by atoms with van der Waals surface area (Å²) >= 11 is 0. The van der Waals surface area contributed by atoms with Crippen LogP contribution in [0.25, 0.3) is 0 Å². The lowest BCUT2D eigenvalue weighted by molar-refractivity contribution is -0.129. The molecule has 2 unspecified atom stereocenters. The third kappa shape index (κ3) is 6.57. The lowest BCUT2D eigenvalue weighted by Crippen LogP contribution is -2.55. The van der Waals surface area contributed by atoms with Crippen LogP contribution in [0, 0.1) is 0 Å². The molecule has 168 valence electrons. The summed E-state index contributed by atoms with van der Waals surface area (Å²) in [5.74, 6) is 1.07. The average molecular weight is 527 g/mol. The van der Waals surface area contributed by atoms with Crippen molar-refractivity contribution in [1.82, 2.24) is 20.9 Å². The number of benzene rings is 1. The normalized spacial score (nSPS) is 21.8. The number of halogens is 1. The standard InChI is InChI=1S/C23H37N5O.HI/c1-4-21(29)28-15-12-20(16-28)26-22(24-3)25-17-23(13-8-9-14-23)27-18(2)19-10-6-5-7-11-19;/h5-7,10-11,18,20,27H,4,8-9,12-17H2,1-3H3,(H2,24,25,26);1H. The molecule has 3 rings (SSSR count). The van der Waals surface area contributed by atoms with Crippen LogP contribution in [0.5, 0.6) is 0 Å². The van der Waals surface area contributed by atoms with E-state index in [1.54, 1.807) is 0 Å². The summed E-state index contributed by atoms with van der Waals surface area (Å²) in [6, 6.07) is 11.2. The number of hydrogen-bond acceptors (Lipinski definition) is 3. The van der Waals surface area contributed by atoms with Crippen molar-refractivity contribution in [2.45, 2.75) is 70.0 Å². The second-order valence-electron chi connectivity index (χ2n) is 8.51. The van der Waals surface area contributed by atoms with Crippen molar-refractivity contribution < 1.29 is 4.79 Å². The van der Waals surface area contributed by atoms with Crippen LogP contribution in [0.4, 0.5) is 0 Å². The van der Waals surface area contributed by atoms with E-state index < -0.39 is 0 Å². The summed E-state index contributed by atoms with van der Waals surface area (Å²) < 4.78 is 0. The molecule has 1 aliphatic heterocycles. The first-order valence-corrected chi connectivity index (χ1v) is 11.1. The molecular formula is C23H38IN5O. The first-order valence-electron chi connectivity index (χ1n) is 11.1. The Kier molecular flexibility index (Phi) is 9.87. The molecule has 1 aliphatic carbocycles. The number of likely N-dealkylation sites (tertiary alicyclic amines) is 1. The maximum Gasteiger partial charge on any atom is 0.222 e. The van der Waals surface area contributed by atoms with Gasteiger partial charge in [-0.15, -0.1) is 24.0 Å². The minimum atomic E-state index is 0. The van der Waals surface area contributed by atoms with Gasteiger partial charge in [0.1, 0.15) is 0 Å². The fraction of sp³-hybridized carbons (Fsp3) is 0.652. The van der Waals surface area contributed by atoms with Crippen LogP contribution in [-0.4, -0.2) is 55.0 Å². The Morgan fingerprint density at radius 2 is 1.97 bits per heavy atom. The molecular weight excluding hydrogens is 489 g/mol. The molecule has 1 heterocycles. The third-order valence-corrected chi connectivity index (χ3v) is 6.39. The molecule has 0 aromatic heterocycles. The van der Waals surface area contributed by atoms with Gasteiger partial charge < -0.3 is 20.9 Å². The summed E-state index contributed by atoms with van der Waals surface area (Å²) in [6.45, 7) is 6.63. The van der Waals surface area contributed by atoms with Gasteiger partial charge in [-0.2, -0.15) is 0 Å². The van der Waals surface area contributed by atoms with Crippen molar-refractivity contribution >= 4 is 35.8 Å². The summed E-state index contributed by atoms with van der Waals surface area (Å²) in [5, 5.41) is 11.0. The molecule has 0 spiro atoms. The van der Waals surface area contributed by atoms with E-state index in [1.807, 2.05) is 18.9 Å². The third-order valence-electron chi connectivity index (χ3n) is 6.39. The fourth-order valence-electron chi connectivity index (χ4n) is 4.68. The van der Waals surface area contributed by atoms with Gasteiger partial charge in [0.25, 0.3) is 0 Å². The number of carbonyl (C=O) groups excluding carboxylic acids is 1. The van der Waals surface area contributed by atoms with E-state index in [1.165, 1.54) is 31.2 Å². The SMILES string of the molecule is CCC(=O)N1CCC(NC(=NC)NCC2(NC(C)c3ccccc3)CCCC2)C1.I. The molecule has 6 nitrogen and oxygen atoms in total. The second-order valence-corrected chi connectivity index (χ2v) is 8.51. The van der Waals surface area contributed by atoms with Crippen LogP contribution in [0.3, 0.4) is 0 Å². The predicted octanol–water partition coefficient (Wildman–Crippen LogP) is 3.44. The van der Waals surface area contributed by atoms with Gasteiger partial charge in [0.15, 0.2) is 5.96 Å². The van der Waals surface area contributed by atoms with E-state index in [9.17, 15) is 4.79 Å². The predicted molar refractivity (Wildman–Crippen MR) is 134 cm³/mol. The van der Waals surface area contributed by atoms with E-state index in [0.29, 0.717) is 12.5 Å². The largest absolute Gasteiger partial charge is 0.355 e. The molecule has 1 aromatic rings. The lowest BCUT2D eigenvalue weighted by Gasteiger charge is -2.35. The highest BCUT2D eigenvalue weighted by atomic mass is 127. The number of guanidine groups is 1. The first kappa shape index (κ1) is 24.9. The Bertz CT molecular complexity index is 690. The minimum absolute atomic E-state index is 0.